The van der Waals surface area contributed by atoms with E-state index < -0.39 is 0 Å². The first-order chi connectivity index (χ1) is 15.5. The number of nitrogens with one attached hydrogen (secondary N) is 1. The average molecular weight is 512 g/mol. The number of carbonyl (C=O) groups is 1. The van der Waals surface area contributed by atoms with Crippen molar-refractivity contribution in [3.63, 3.8) is 0 Å². The van der Waals surface area contributed by atoms with Crippen molar-refractivity contribution in [2.75, 3.05) is 24.5 Å². The van der Waals surface area contributed by atoms with Crippen LogP contribution in [-0.2, 0) is 4.79 Å². The summed E-state index contributed by atoms with van der Waals surface area (Å²) in [6, 6.07) is 4.33. The molecule has 0 spiro atoms. The van der Waals surface area contributed by atoms with Gasteiger partial charge in [0.2, 0.25) is 6.41 Å². The van der Waals surface area contributed by atoms with Gasteiger partial charge in [-0.2, -0.15) is 0 Å². The van der Waals surface area contributed by atoms with Crippen LogP contribution in [0.5, 0.6) is 0 Å². The van der Waals surface area contributed by atoms with Crippen molar-refractivity contribution in [3.05, 3.63) is 44.8 Å². The summed E-state index contributed by atoms with van der Waals surface area (Å²) in [5.74, 6) is 2.25. The maximum atomic E-state index is 10.8. The number of carbonyl (C=O) groups excluding carboxylic acids is 1. The smallest absolute Gasteiger partial charge is 0.207 e. The largest absolute Gasteiger partial charge is 0.358 e. The summed E-state index contributed by atoms with van der Waals surface area (Å²) in [7, 11) is 0. The lowest BCUT2D eigenvalue weighted by Crippen LogP contribution is -2.49. The lowest BCUT2D eigenvalue weighted by Gasteiger charge is -2.45. The average Bonchev–Trinajstić information content (AvgIpc) is 2.96. The number of fused-ring (bicyclic) bond motifs is 1. The Hall–Kier alpha value is -2.41. The molecule has 1 saturated heterocycles. The summed E-state index contributed by atoms with van der Waals surface area (Å²) in [6.07, 6.45) is 1.82. The number of benzene rings is 1. The number of aryl methyl sites for hydroxylation is 4. The lowest BCUT2D eigenvalue weighted by atomic mass is 9.74. The van der Waals surface area contributed by atoms with Gasteiger partial charge in [0.1, 0.15) is 11.6 Å². The molecule has 4 rings (SSSR count). The Morgan fingerprint density at radius 2 is 1.82 bits per heavy atom. The summed E-state index contributed by atoms with van der Waals surface area (Å²) >= 11 is 3.63. The van der Waals surface area contributed by atoms with Crippen molar-refractivity contribution in [2.24, 2.45) is 11.3 Å². The third-order valence-electron chi connectivity index (χ3n) is 7.33. The van der Waals surface area contributed by atoms with E-state index in [9.17, 15) is 4.79 Å². The Kier molecular flexibility index (Phi) is 6.29. The van der Waals surface area contributed by atoms with Crippen molar-refractivity contribution in [2.45, 2.75) is 54.9 Å². The van der Waals surface area contributed by atoms with Crippen LogP contribution in [-0.4, -0.2) is 40.6 Å². The van der Waals surface area contributed by atoms with Crippen molar-refractivity contribution in [3.8, 4) is 5.69 Å². The lowest BCUT2D eigenvalue weighted by molar-refractivity contribution is -0.109. The van der Waals surface area contributed by atoms with Crippen LogP contribution in [0.1, 0.15) is 48.5 Å². The van der Waals surface area contributed by atoms with Crippen LogP contribution >= 0.6 is 15.9 Å². The van der Waals surface area contributed by atoms with Gasteiger partial charge in [0.05, 0.1) is 11.1 Å². The van der Waals surface area contributed by atoms with E-state index in [1.807, 2.05) is 6.92 Å². The van der Waals surface area contributed by atoms with E-state index in [-0.39, 0.29) is 5.41 Å². The highest BCUT2D eigenvalue weighted by Gasteiger charge is 2.37. The molecule has 3 heterocycles. The molecule has 1 N–H and O–H groups in total. The first-order valence-corrected chi connectivity index (χ1v) is 12.4. The molecule has 1 amide bonds. The highest BCUT2D eigenvalue weighted by Crippen LogP contribution is 2.40. The van der Waals surface area contributed by atoms with E-state index in [2.05, 4.69) is 84.4 Å². The van der Waals surface area contributed by atoms with Crippen molar-refractivity contribution in [1.82, 2.24) is 19.9 Å². The van der Waals surface area contributed by atoms with E-state index >= 15 is 0 Å². The normalized spacial score (nSPS) is 18.1. The molecular formula is C26H34BrN5O. The fourth-order valence-electron chi connectivity index (χ4n) is 5.46. The molecular weight excluding hydrogens is 478 g/mol. The SMILES string of the molecule is Cc1nc(N2CCC(CNC=O)C(C)(C)C2)c2c(C)c(C)n(-c3c(C)cc(Br)cc3C)c2n1. The minimum Gasteiger partial charge on any atom is -0.358 e. The number of rotatable bonds is 5. The molecule has 176 valence electrons. The molecule has 7 heteroatoms. The van der Waals surface area contributed by atoms with Crippen LogP contribution in [0.4, 0.5) is 5.82 Å². The number of piperidine rings is 1. The fourth-order valence-corrected chi connectivity index (χ4v) is 6.14. The second kappa shape index (κ2) is 8.75. The number of hydrogen-bond acceptors (Lipinski definition) is 4. The van der Waals surface area contributed by atoms with Gasteiger partial charge in [-0.25, -0.2) is 9.97 Å². The van der Waals surface area contributed by atoms with Crippen molar-refractivity contribution < 1.29 is 4.79 Å². The number of aromatic nitrogens is 3. The van der Waals surface area contributed by atoms with Gasteiger partial charge in [-0.05, 0) is 81.2 Å². The zero-order valence-electron chi connectivity index (χ0n) is 20.7. The van der Waals surface area contributed by atoms with Gasteiger partial charge in [0, 0.05) is 29.8 Å². The molecule has 1 unspecified atom stereocenters. The summed E-state index contributed by atoms with van der Waals surface area (Å²) in [4.78, 5) is 23.2. The molecule has 1 aromatic carbocycles. The molecule has 1 aliphatic heterocycles. The zero-order valence-corrected chi connectivity index (χ0v) is 22.3. The van der Waals surface area contributed by atoms with Gasteiger partial charge in [-0.1, -0.05) is 29.8 Å². The molecule has 0 aliphatic carbocycles. The van der Waals surface area contributed by atoms with Crippen LogP contribution in [0.25, 0.3) is 16.7 Å². The van der Waals surface area contributed by atoms with E-state index in [1.54, 1.807) is 0 Å². The van der Waals surface area contributed by atoms with Crippen molar-refractivity contribution in [1.29, 1.82) is 0 Å². The summed E-state index contributed by atoms with van der Waals surface area (Å²) < 4.78 is 3.40. The first kappa shape index (κ1) is 23.7. The number of halogens is 1. The van der Waals surface area contributed by atoms with Crippen LogP contribution < -0.4 is 10.2 Å². The summed E-state index contributed by atoms with van der Waals surface area (Å²) in [5.41, 5.74) is 7.08. The van der Waals surface area contributed by atoms with Crippen LogP contribution in [0.15, 0.2) is 16.6 Å². The quantitative estimate of drug-likeness (QED) is 0.470. The van der Waals surface area contributed by atoms with Gasteiger partial charge in [-0.3, -0.25) is 9.36 Å². The van der Waals surface area contributed by atoms with Gasteiger partial charge in [0.25, 0.3) is 0 Å². The van der Waals surface area contributed by atoms with Crippen LogP contribution in [0, 0.1) is 46.0 Å². The van der Waals surface area contributed by atoms with E-state index in [0.717, 1.165) is 59.6 Å². The van der Waals surface area contributed by atoms with Crippen molar-refractivity contribution >= 4 is 39.2 Å². The van der Waals surface area contributed by atoms with Gasteiger partial charge in [0.15, 0.2) is 5.65 Å². The molecule has 6 nitrogen and oxygen atoms in total. The van der Waals surface area contributed by atoms with Gasteiger partial charge < -0.3 is 10.2 Å². The second-order valence-corrected chi connectivity index (χ2v) is 11.1. The minimum absolute atomic E-state index is 0.0594. The number of anilines is 1. The maximum Gasteiger partial charge on any atom is 0.207 e. The fraction of sp³-hybridized carbons (Fsp3) is 0.500. The van der Waals surface area contributed by atoms with Crippen LogP contribution in [0.3, 0.4) is 0 Å². The summed E-state index contributed by atoms with van der Waals surface area (Å²) in [5, 5.41) is 4.03. The van der Waals surface area contributed by atoms with E-state index in [4.69, 9.17) is 9.97 Å². The third-order valence-corrected chi connectivity index (χ3v) is 7.78. The Morgan fingerprint density at radius 3 is 2.42 bits per heavy atom. The van der Waals surface area contributed by atoms with E-state index in [1.165, 1.54) is 28.1 Å². The molecule has 1 fully saturated rings. The topological polar surface area (TPSA) is 63.1 Å². The number of hydrogen-bond donors (Lipinski definition) is 1. The van der Waals surface area contributed by atoms with Gasteiger partial charge in [-0.15, -0.1) is 0 Å². The number of amides is 1. The molecule has 0 saturated carbocycles. The molecule has 2 aromatic heterocycles. The molecule has 1 atom stereocenters. The molecule has 33 heavy (non-hydrogen) atoms. The van der Waals surface area contributed by atoms with Crippen LogP contribution in [0.2, 0.25) is 0 Å². The number of nitrogens with zero attached hydrogens (tertiary/aromatic N) is 4. The Balaban J connectivity index is 1.87. The molecule has 3 aromatic rings. The third kappa shape index (κ3) is 4.16. The Labute approximate surface area is 204 Å². The van der Waals surface area contributed by atoms with Gasteiger partial charge >= 0.3 is 0 Å². The summed E-state index contributed by atoms with van der Waals surface area (Å²) in [6.45, 7) is 17.8. The Morgan fingerprint density at radius 1 is 1.15 bits per heavy atom. The predicted octanol–water partition coefficient (Wildman–Crippen LogP) is 5.32. The standard InChI is InChI=1S/C26H34BrN5O/c1-15-10-21(27)11-16(2)23(15)32-18(4)17(3)22-24(29-19(5)30-25(22)32)31-9-8-20(12-28-14-33)26(6,7)13-31/h10-11,14,20H,8-9,12-13H2,1-7H3,(H,28,33). The first-order valence-electron chi connectivity index (χ1n) is 11.6. The monoisotopic (exact) mass is 511 g/mol. The Bertz CT molecular complexity index is 1210. The highest BCUT2D eigenvalue weighted by atomic mass is 79.9. The maximum absolute atomic E-state index is 10.8. The highest BCUT2D eigenvalue weighted by molar-refractivity contribution is 9.10. The van der Waals surface area contributed by atoms with E-state index in [0.29, 0.717) is 5.92 Å². The molecule has 0 radical (unpaired) electrons. The minimum atomic E-state index is 0.0594. The molecule has 0 bridgehead atoms. The zero-order chi connectivity index (χ0) is 24.1. The molecule has 1 aliphatic rings. The predicted molar refractivity (Wildman–Crippen MR) is 138 cm³/mol. The second-order valence-electron chi connectivity index (χ2n) is 10.1.